The van der Waals surface area contributed by atoms with Crippen molar-refractivity contribution < 1.29 is 14.7 Å². The van der Waals surface area contributed by atoms with Crippen LogP contribution in [0.1, 0.15) is 24.6 Å². The van der Waals surface area contributed by atoms with Crippen LogP contribution in [-0.2, 0) is 9.59 Å². The van der Waals surface area contributed by atoms with Crippen LogP contribution < -0.4 is 10.6 Å². The molecular formula is C14H18N4O3S. The molecule has 3 N–H and O–H groups in total. The molecule has 8 heteroatoms. The molecule has 0 saturated heterocycles. The number of rotatable bonds is 7. The molecule has 0 aromatic carbocycles. The highest BCUT2D eigenvalue weighted by molar-refractivity contribution is 7.18. The van der Waals surface area contributed by atoms with E-state index < -0.39 is 12.0 Å². The zero-order valence-corrected chi connectivity index (χ0v) is 13.2. The Morgan fingerprint density at radius 2 is 2.18 bits per heavy atom. The van der Waals surface area contributed by atoms with Crippen LogP contribution >= 0.6 is 11.3 Å². The molecule has 0 radical (unpaired) electrons. The molecule has 0 aliphatic carbocycles. The molecule has 0 aliphatic heterocycles. The fraction of sp³-hybridized carbons (Fsp3) is 0.429. The average Bonchev–Trinajstić information content (AvgIpc) is 2.85. The van der Waals surface area contributed by atoms with Crippen molar-refractivity contribution >= 4 is 39.2 Å². The molecule has 7 nitrogen and oxygen atoms in total. The highest BCUT2D eigenvalue weighted by Gasteiger charge is 2.18. The number of hydrogen-bond donors (Lipinski definition) is 3. The standard InChI is InChI=1S/C14H18N4O3S/c1-3-4-10(14(20)21)18-11(19)6-15-12-9-5-8(2)22-13(9)17-7-16-12/h5,7,10H,3-4,6H2,1-2H3,(H,18,19)(H,20,21)(H,15,16,17). The highest BCUT2D eigenvalue weighted by Crippen LogP contribution is 2.27. The first-order valence-corrected chi connectivity index (χ1v) is 7.80. The van der Waals surface area contributed by atoms with Gasteiger partial charge in [0.2, 0.25) is 5.91 Å². The van der Waals surface area contributed by atoms with Crippen LogP contribution in [0.4, 0.5) is 5.82 Å². The maximum Gasteiger partial charge on any atom is 0.326 e. The second-order valence-electron chi connectivity index (χ2n) is 4.90. The molecule has 2 rings (SSSR count). The van der Waals surface area contributed by atoms with E-state index in [0.29, 0.717) is 18.7 Å². The van der Waals surface area contributed by atoms with Crippen LogP contribution in [0.5, 0.6) is 0 Å². The second kappa shape index (κ2) is 7.17. The number of carbonyl (C=O) groups excluding carboxylic acids is 1. The lowest BCUT2D eigenvalue weighted by molar-refractivity contribution is -0.141. The number of carbonyl (C=O) groups is 2. The van der Waals surface area contributed by atoms with Crippen molar-refractivity contribution in [1.29, 1.82) is 0 Å². The number of amides is 1. The summed E-state index contributed by atoms with van der Waals surface area (Å²) < 4.78 is 0. The summed E-state index contributed by atoms with van der Waals surface area (Å²) in [6.45, 7) is 3.82. The van der Waals surface area contributed by atoms with Gasteiger partial charge in [0.1, 0.15) is 23.0 Å². The molecule has 22 heavy (non-hydrogen) atoms. The molecule has 0 spiro atoms. The Bertz CT molecular complexity index is 686. The van der Waals surface area contributed by atoms with Crippen molar-refractivity contribution in [3.8, 4) is 0 Å². The van der Waals surface area contributed by atoms with Crippen molar-refractivity contribution in [2.45, 2.75) is 32.7 Å². The third kappa shape index (κ3) is 3.91. The number of nitrogens with one attached hydrogen (secondary N) is 2. The van der Waals surface area contributed by atoms with Crippen molar-refractivity contribution in [3.05, 3.63) is 17.3 Å². The molecule has 2 heterocycles. The third-order valence-electron chi connectivity index (χ3n) is 3.08. The van der Waals surface area contributed by atoms with Gasteiger partial charge < -0.3 is 15.7 Å². The Kier molecular flexibility index (Phi) is 5.26. The van der Waals surface area contributed by atoms with Gasteiger partial charge >= 0.3 is 5.97 Å². The SMILES string of the molecule is CCCC(NC(=O)CNc1ncnc2sc(C)cc12)C(=O)O. The number of hydrogen-bond acceptors (Lipinski definition) is 6. The van der Waals surface area contributed by atoms with Crippen LogP contribution in [0.15, 0.2) is 12.4 Å². The molecule has 1 amide bonds. The van der Waals surface area contributed by atoms with Gasteiger partial charge in [-0.1, -0.05) is 13.3 Å². The van der Waals surface area contributed by atoms with Crippen LogP contribution in [0.25, 0.3) is 10.2 Å². The molecule has 1 atom stereocenters. The number of nitrogens with zero attached hydrogens (tertiary/aromatic N) is 2. The summed E-state index contributed by atoms with van der Waals surface area (Å²) in [7, 11) is 0. The number of aromatic nitrogens is 2. The number of aliphatic carboxylic acids is 1. The molecule has 0 aliphatic rings. The first kappa shape index (κ1) is 16.2. The monoisotopic (exact) mass is 322 g/mol. The summed E-state index contributed by atoms with van der Waals surface area (Å²) >= 11 is 1.55. The number of aryl methyl sites for hydroxylation is 1. The van der Waals surface area contributed by atoms with Gasteiger partial charge in [0, 0.05) is 4.88 Å². The van der Waals surface area contributed by atoms with Gasteiger partial charge in [-0.05, 0) is 19.4 Å². The van der Waals surface area contributed by atoms with E-state index in [1.165, 1.54) is 6.33 Å². The molecule has 0 saturated carbocycles. The Labute approximate surface area is 131 Å². The van der Waals surface area contributed by atoms with Gasteiger partial charge in [0.25, 0.3) is 0 Å². The van der Waals surface area contributed by atoms with Crippen molar-refractivity contribution in [1.82, 2.24) is 15.3 Å². The Morgan fingerprint density at radius 1 is 1.41 bits per heavy atom. The number of anilines is 1. The highest BCUT2D eigenvalue weighted by atomic mass is 32.1. The van der Waals surface area contributed by atoms with Gasteiger partial charge in [-0.2, -0.15) is 0 Å². The summed E-state index contributed by atoms with van der Waals surface area (Å²) in [5, 5.41) is 15.3. The van der Waals surface area contributed by atoms with E-state index in [2.05, 4.69) is 20.6 Å². The first-order chi connectivity index (χ1) is 10.5. The van der Waals surface area contributed by atoms with Gasteiger partial charge in [-0.25, -0.2) is 14.8 Å². The fourth-order valence-corrected chi connectivity index (χ4v) is 2.92. The Hall–Kier alpha value is -2.22. The summed E-state index contributed by atoms with van der Waals surface area (Å²) in [6.07, 6.45) is 2.53. The quantitative estimate of drug-likeness (QED) is 0.718. The topological polar surface area (TPSA) is 104 Å². The summed E-state index contributed by atoms with van der Waals surface area (Å²) in [6, 6.07) is 1.10. The van der Waals surface area contributed by atoms with E-state index in [4.69, 9.17) is 5.11 Å². The average molecular weight is 322 g/mol. The minimum absolute atomic E-state index is 0.0332. The molecule has 0 fully saturated rings. The van der Waals surface area contributed by atoms with Gasteiger partial charge in [-0.15, -0.1) is 11.3 Å². The first-order valence-electron chi connectivity index (χ1n) is 6.98. The fourth-order valence-electron chi connectivity index (χ4n) is 2.07. The van der Waals surface area contributed by atoms with E-state index >= 15 is 0 Å². The zero-order valence-electron chi connectivity index (χ0n) is 12.4. The van der Waals surface area contributed by atoms with E-state index in [0.717, 1.165) is 15.1 Å². The molecule has 0 bridgehead atoms. The molecule has 2 aromatic heterocycles. The van der Waals surface area contributed by atoms with Crippen molar-refractivity contribution in [2.75, 3.05) is 11.9 Å². The second-order valence-corrected chi connectivity index (χ2v) is 6.13. The molecule has 1 unspecified atom stereocenters. The van der Waals surface area contributed by atoms with E-state index in [9.17, 15) is 9.59 Å². The lowest BCUT2D eigenvalue weighted by atomic mass is 10.1. The van der Waals surface area contributed by atoms with Crippen molar-refractivity contribution in [2.24, 2.45) is 0 Å². The minimum Gasteiger partial charge on any atom is -0.480 e. The lowest BCUT2D eigenvalue weighted by Crippen LogP contribution is -2.43. The number of carboxylic acids is 1. The van der Waals surface area contributed by atoms with Crippen LogP contribution in [0, 0.1) is 6.92 Å². The van der Waals surface area contributed by atoms with Crippen LogP contribution in [0.2, 0.25) is 0 Å². The maximum absolute atomic E-state index is 11.9. The third-order valence-corrected chi connectivity index (χ3v) is 4.04. The number of fused-ring (bicyclic) bond motifs is 1. The van der Waals surface area contributed by atoms with Crippen LogP contribution in [-0.4, -0.2) is 39.5 Å². The van der Waals surface area contributed by atoms with Gasteiger partial charge in [0.05, 0.1) is 11.9 Å². The number of thiophene rings is 1. The smallest absolute Gasteiger partial charge is 0.326 e. The van der Waals surface area contributed by atoms with E-state index in [1.54, 1.807) is 11.3 Å². The van der Waals surface area contributed by atoms with Crippen molar-refractivity contribution in [3.63, 3.8) is 0 Å². The van der Waals surface area contributed by atoms with E-state index in [1.807, 2.05) is 19.9 Å². The van der Waals surface area contributed by atoms with E-state index in [-0.39, 0.29) is 12.5 Å². The Balaban J connectivity index is 1.99. The van der Waals surface area contributed by atoms with Gasteiger partial charge in [-0.3, -0.25) is 4.79 Å². The predicted molar refractivity (Wildman–Crippen MR) is 85.1 cm³/mol. The predicted octanol–water partition coefficient (Wildman–Crippen LogP) is 1.78. The summed E-state index contributed by atoms with van der Waals surface area (Å²) in [4.78, 5) is 33.2. The van der Waals surface area contributed by atoms with Gasteiger partial charge in [0.15, 0.2) is 0 Å². The molecule has 118 valence electrons. The Morgan fingerprint density at radius 3 is 2.86 bits per heavy atom. The molecule has 2 aromatic rings. The summed E-state index contributed by atoms with van der Waals surface area (Å²) in [5.74, 6) is -0.820. The minimum atomic E-state index is -1.02. The number of carboxylic acid groups (broad SMARTS) is 1. The zero-order chi connectivity index (χ0) is 16.1. The lowest BCUT2D eigenvalue weighted by Gasteiger charge is -2.14. The van der Waals surface area contributed by atoms with Crippen LogP contribution in [0.3, 0.4) is 0 Å². The maximum atomic E-state index is 11.9. The molecular weight excluding hydrogens is 304 g/mol. The largest absolute Gasteiger partial charge is 0.480 e. The summed E-state index contributed by atoms with van der Waals surface area (Å²) in [5.41, 5.74) is 0. The normalized spacial score (nSPS) is 12.1.